The van der Waals surface area contributed by atoms with E-state index >= 15 is 0 Å². The van der Waals surface area contributed by atoms with Crippen LogP contribution < -0.4 is 10.5 Å². The summed E-state index contributed by atoms with van der Waals surface area (Å²) in [6.45, 7) is 1.72. The van der Waals surface area contributed by atoms with Crippen molar-refractivity contribution in [3.63, 3.8) is 0 Å². The van der Waals surface area contributed by atoms with Gasteiger partial charge in [0.25, 0.3) is 0 Å². The van der Waals surface area contributed by atoms with Crippen molar-refractivity contribution < 1.29 is 9.13 Å². The van der Waals surface area contributed by atoms with Crippen LogP contribution >= 0.6 is 0 Å². The molecular weight excluding hydrogens is 145 g/mol. The van der Waals surface area contributed by atoms with Gasteiger partial charge in [-0.05, 0) is 19.1 Å². The van der Waals surface area contributed by atoms with Crippen molar-refractivity contribution in [3.8, 4) is 5.75 Å². The van der Waals surface area contributed by atoms with Gasteiger partial charge >= 0.3 is 0 Å². The summed E-state index contributed by atoms with van der Waals surface area (Å²) >= 11 is 0. The Morgan fingerprint density at radius 2 is 2.09 bits per heavy atom. The van der Waals surface area contributed by atoms with Crippen molar-refractivity contribution in [3.05, 3.63) is 23.5 Å². The number of nitrogens with two attached hydrogens (primary N) is 1. The smallest absolute Gasteiger partial charge is 0.146 e. The molecule has 0 unspecified atom stereocenters. The number of hydrogen-bond donors (Lipinski definition) is 1. The zero-order valence-corrected chi connectivity index (χ0v) is 6.52. The van der Waals surface area contributed by atoms with Crippen LogP contribution in [0.1, 0.15) is 5.56 Å². The molecule has 1 aromatic carbocycles. The average Bonchev–Trinajstić information content (AvgIpc) is 2.01. The lowest BCUT2D eigenvalue weighted by atomic mass is 10.2. The van der Waals surface area contributed by atoms with Gasteiger partial charge in [-0.2, -0.15) is 0 Å². The second kappa shape index (κ2) is 2.78. The fraction of sp³-hybridized carbons (Fsp3) is 0.250. The molecule has 0 fully saturated rings. The topological polar surface area (TPSA) is 35.2 Å². The van der Waals surface area contributed by atoms with Crippen molar-refractivity contribution in [1.29, 1.82) is 0 Å². The van der Waals surface area contributed by atoms with Crippen LogP contribution in [0.4, 0.5) is 10.1 Å². The van der Waals surface area contributed by atoms with Crippen LogP contribution in [0.25, 0.3) is 0 Å². The maximum Gasteiger partial charge on any atom is 0.146 e. The molecule has 1 aromatic rings. The van der Waals surface area contributed by atoms with E-state index < -0.39 is 5.82 Å². The summed E-state index contributed by atoms with van der Waals surface area (Å²) in [6, 6.07) is 2.85. The second-order valence-electron chi connectivity index (χ2n) is 2.29. The van der Waals surface area contributed by atoms with E-state index in [4.69, 9.17) is 10.5 Å². The number of anilines is 1. The molecule has 0 aliphatic rings. The number of ether oxygens (including phenoxy) is 1. The van der Waals surface area contributed by atoms with E-state index in [1.165, 1.54) is 13.2 Å². The van der Waals surface area contributed by atoms with Gasteiger partial charge in [0.1, 0.15) is 11.6 Å². The lowest BCUT2D eigenvalue weighted by Gasteiger charge is -2.06. The van der Waals surface area contributed by atoms with Gasteiger partial charge in [0, 0.05) is 5.56 Å². The van der Waals surface area contributed by atoms with Gasteiger partial charge < -0.3 is 10.5 Å². The second-order valence-corrected chi connectivity index (χ2v) is 2.29. The molecule has 0 aliphatic carbocycles. The van der Waals surface area contributed by atoms with Crippen LogP contribution in [0.5, 0.6) is 5.75 Å². The molecule has 1 rings (SSSR count). The summed E-state index contributed by atoms with van der Waals surface area (Å²) < 4.78 is 17.6. The Kier molecular flexibility index (Phi) is 1.98. The van der Waals surface area contributed by atoms with Crippen molar-refractivity contribution in [1.82, 2.24) is 0 Å². The summed E-state index contributed by atoms with van der Waals surface area (Å²) in [5, 5.41) is 0. The third-order valence-corrected chi connectivity index (χ3v) is 1.63. The van der Waals surface area contributed by atoms with Crippen LogP contribution in [-0.4, -0.2) is 7.11 Å². The number of hydrogen-bond acceptors (Lipinski definition) is 2. The van der Waals surface area contributed by atoms with E-state index in [0.717, 1.165) is 0 Å². The fourth-order valence-electron chi connectivity index (χ4n) is 0.897. The molecule has 0 saturated carbocycles. The largest absolute Gasteiger partial charge is 0.496 e. The molecule has 2 nitrogen and oxygen atoms in total. The molecule has 0 aliphatic heterocycles. The summed E-state index contributed by atoms with van der Waals surface area (Å²) in [6.07, 6.45) is 0. The Hall–Kier alpha value is -1.25. The molecule has 0 bridgehead atoms. The molecule has 60 valence electrons. The minimum atomic E-state index is -0.400. The van der Waals surface area contributed by atoms with E-state index in [0.29, 0.717) is 11.3 Å². The quantitative estimate of drug-likeness (QED) is 0.627. The van der Waals surface area contributed by atoms with Crippen molar-refractivity contribution in [2.24, 2.45) is 0 Å². The first-order valence-corrected chi connectivity index (χ1v) is 3.25. The minimum Gasteiger partial charge on any atom is -0.496 e. The van der Waals surface area contributed by atoms with Crippen molar-refractivity contribution >= 4 is 5.69 Å². The van der Waals surface area contributed by atoms with E-state index in [2.05, 4.69) is 0 Å². The third-order valence-electron chi connectivity index (χ3n) is 1.63. The normalized spacial score (nSPS) is 9.73. The first kappa shape index (κ1) is 7.85. The van der Waals surface area contributed by atoms with E-state index in [1.807, 2.05) is 0 Å². The van der Waals surface area contributed by atoms with Crippen LogP contribution in [0, 0.1) is 12.7 Å². The number of rotatable bonds is 1. The van der Waals surface area contributed by atoms with Crippen LogP contribution in [0.2, 0.25) is 0 Å². The lowest BCUT2D eigenvalue weighted by Crippen LogP contribution is -1.96. The molecule has 3 heteroatoms. The van der Waals surface area contributed by atoms with Gasteiger partial charge in [-0.25, -0.2) is 4.39 Å². The number of halogens is 1. The van der Waals surface area contributed by atoms with Crippen LogP contribution in [0.15, 0.2) is 12.1 Å². The predicted octanol–water partition coefficient (Wildman–Crippen LogP) is 1.72. The van der Waals surface area contributed by atoms with E-state index in [1.54, 1.807) is 13.0 Å². The Labute approximate surface area is 64.8 Å². The maximum atomic E-state index is 12.7. The highest BCUT2D eigenvalue weighted by atomic mass is 19.1. The molecule has 0 saturated heterocycles. The third kappa shape index (κ3) is 1.27. The van der Waals surface area contributed by atoms with Gasteiger partial charge in [-0.1, -0.05) is 0 Å². The molecule has 0 amide bonds. The number of nitrogen functional groups attached to an aromatic ring is 1. The van der Waals surface area contributed by atoms with Gasteiger partial charge in [-0.15, -0.1) is 0 Å². The number of methoxy groups -OCH3 is 1. The number of benzene rings is 1. The standard InChI is InChI=1S/C8H10FNO/c1-5-7(11-2)4-3-6(9)8(5)10/h3-4H,10H2,1-2H3. The van der Waals surface area contributed by atoms with E-state index in [9.17, 15) is 4.39 Å². The fourth-order valence-corrected chi connectivity index (χ4v) is 0.897. The lowest BCUT2D eigenvalue weighted by molar-refractivity contribution is 0.411. The van der Waals surface area contributed by atoms with Crippen molar-refractivity contribution in [2.75, 3.05) is 12.8 Å². The Bertz CT molecular complexity index is 273. The SMILES string of the molecule is COc1ccc(F)c(N)c1C. The van der Waals surface area contributed by atoms with Gasteiger partial charge in [0.15, 0.2) is 0 Å². The zero-order chi connectivity index (χ0) is 8.43. The highest BCUT2D eigenvalue weighted by Gasteiger charge is 2.05. The van der Waals surface area contributed by atoms with Gasteiger partial charge in [0.05, 0.1) is 12.8 Å². The minimum absolute atomic E-state index is 0.157. The Balaban J connectivity index is 3.25. The maximum absolute atomic E-state index is 12.7. The molecule has 0 heterocycles. The van der Waals surface area contributed by atoms with Crippen LogP contribution in [0.3, 0.4) is 0 Å². The molecule has 11 heavy (non-hydrogen) atoms. The first-order chi connectivity index (χ1) is 5.16. The van der Waals surface area contributed by atoms with Gasteiger partial charge in [0.2, 0.25) is 0 Å². The molecular formula is C8H10FNO. The van der Waals surface area contributed by atoms with Crippen molar-refractivity contribution in [2.45, 2.75) is 6.92 Å². The average molecular weight is 155 g/mol. The van der Waals surface area contributed by atoms with Crippen LogP contribution in [-0.2, 0) is 0 Å². The van der Waals surface area contributed by atoms with E-state index in [-0.39, 0.29) is 5.69 Å². The molecule has 0 aromatic heterocycles. The monoisotopic (exact) mass is 155 g/mol. The first-order valence-electron chi connectivity index (χ1n) is 3.25. The molecule has 2 N–H and O–H groups in total. The zero-order valence-electron chi connectivity index (χ0n) is 6.52. The summed E-state index contributed by atoms with van der Waals surface area (Å²) in [7, 11) is 1.53. The summed E-state index contributed by atoms with van der Waals surface area (Å²) in [5.41, 5.74) is 6.21. The highest BCUT2D eigenvalue weighted by Crippen LogP contribution is 2.24. The molecule has 0 spiro atoms. The Morgan fingerprint density at radius 1 is 1.45 bits per heavy atom. The Morgan fingerprint density at radius 3 is 2.64 bits per heavy atom. The highest BCUT2D eigenvalue weighted by molar-refractivity contribution is 5.54. The predicted molar refractivity (Wildman–Crippen MR) is 42.1 cm³/mol. The van der Waals surface area contributed by atoms with Gasteiger partial charge in [-0.3, -0.25) is 0 Å². The molecule has 0 atom stereocenters. The summed E-state index contributed by atoms with van der Waals surface area (Å²) in [4.78, 5) is 0. The summed E-state index contributed by atoms with van der Waals surface area (Å²) in [5.74, 6) is 0.215. The molecule has 0 radical (unpaired) electrons.